The molecule has 3 nitrogen and oxygen atoms in total. The van der Waals surface area contributed by atoms with Gasteiger partial charge in [0.25, 0.3) is 5.91 Å². The Kier molecular flexibility index (Phi) is 3.49. The second-order valence-corrected chi connectivity index (χ2v) is 5.47. The van der Waals surface area contributed by atoms with Gasteiger partial charge in [0, 0.05) is 17.5 Å². The van der Waals surface area contributed by atoms with Crippen molar-refractivity contribution in [3.05, 3.63) is 34.1 Å². The van der Waals surface area contributed by atoms with Crippen LogP contribution in [0.3, 0.4) is 0 Å². The van der Waals surface area contributed by atoms with Crippen molar-refractivity contribution in [3.8, 4) is 0 Å². The maximum absolute atomic E-state index is 13.0. The van der Waals surface area contributed by atoms with Gasteiger partial charge in [-0.2, -0.15) is 0 Å². The van der Waals surface area contributed by atoms with E-state index in [0.29, 0.717) is 29.8 Å². The number of benzene rings is 1. The monoisotopic (exact) mass is 301 g/mol. The molecule has 0 atom stereocenters. The summed E-state index contributed by atoms with van der Waals surface area (Å²) in [4.78, 5) is 11.8. The Morgan fingerprint density at radius 3 is 2.82 bits per heavy atom. The molecule has 1 aromatic carbocycles. The molecule has 0 radical (unpaired) electrons. The summed E-state index contributed by atoms with van der Waals surface area (Å²) in [7, 11) is 0. The molecule has 1 saturated heterocycles. The van der Waals surface area contributed by atoms with Gasteiger partial charge in [0.15, 0.2) is 0 Å². The molecule has 0 unspecified atom stereocenters. The highest BCUT2D eigenvalue weighted by atomic mass is 79.9. The molecule has 92 valence electrons. The van der Waals surface area contributed by atoms with E-state index in [4.69, 9.17) is 4.74 Å². The number of ether oxygens (including phenoxy) is 1. The van der Waals surface area contributed by atoms with Crippen molar-refractivity contribution in [2.45, 2.75) is 6.92 Å². The van der Waals surface area contributed by atoms with Crippen LogP contribution in [0.25, 0.3) is 0 Å². The molecule has 2 rings (SSSR count). The number of carbonyl (C=O) groups is 1. The van der Waals surface area contributed by atoms with Crippen molar-refractivity contribution in [1.29, 1.82) is 0 Å². The molecule has 1 aromatic rings. The van der Waals surface area contributed by atoms with Crippen LogP contribution in [-0.4, -0.2) is 25.7 Å². The number of hydrogen-bond donors (Lipinski definition) is 1. The second kappa shape index (κ2) is 4.74. The van der Waals surface area contributed by atoms with E-state index >= 15 is 0 Å². The van der Waals surface area contributed by atoms with E-state index in [-0.39, 0.29) is 17.1 Å². The van der Waals surface area contributed by atoms with E-state index in [1.54, 1.807) is 0 Å². The van der Waals surface area contributed by atoms with Gasteiger partial charge in [0.2, 0.25) is 0 Å². The first-order valence-corrected chi connectivity index (χ1v) is 6.10. The Morgan fingerprint density at radius 2 is 2.29 bits per heavy atom. The first-order valence-electron chi connectivity index (χ1n) is 5.31. The number of halogens is 2. The molecule has 0 aliphatic carbocycles. The predicted molar refractivity (Wildman–Crippen MR) is 65.4 cm³/mol. The van der Waals surface area contributed by atoms with Gasteiger partial charge < -0.3 is 10.1 Å². The van der Waals surface area contributed by atoms with Gasteiger partial charge in [-0.15, -0.1) is 0 Å². The standard InChI is InChI=1S/C12H13BrFNO2/c1-12(6-17-7-12)5-15-11(16)8-2-3-10(14)9(13)4-8/h2-4H,5-7H2,1H3,(H,15,16). The molecule has 17 heavy (non-hydrogen) atoms. The first kappa shape index (κ1) is 12.5. The van der Waals surface area contributed by atoms with Gasteiger partial charge in [-0.3, -0.25) is 4.79 Å². The summed E-state index contributed by atoms with van der Waals surface area (Å²) in [6.45, 7) is 3.96. The van der Waals surface area contributed by atoms with Crippen molar-refractivity contribution in [2.24, 2.45) is 5.41 Å². The lowest BCUT2D eigenvalue weighted by atomic mass is 9.88. The minimum atomic E-state index is -0.374. The summed E-state index contributed by atoms with van der Waals surface area (Å²) in [5.41, 5.74) is 0.481. The molecule has 0 bridgehead atoms. The number of nitrogens with one attached hydrogen (secondary N) is 1. The molecule has 1 fully saturated rings. The number of hydrogen-bond acceptors (Lipinski definition) is 2. The molecule has 0 aromatic heterocycles. The molecule has 1 aliphatic heterocycles. The molecule has 1 N–H and O–H groups in total. The van der Waals surface area contributed by atoms with Gasteiger partial charge in [-0.1, -0.05) is 6.92 Å². The third-order valence-electron chi connectivity index (χ3n) is 2.76. The fourth-order valence-corrected chi connectivity index (χ4v) is 1.96. The van der Waals surface area contributed by atoms with Crippen LogP contribution in [0.2, 0.25) is 0 Å². The fourth-order valence-electron chi connectivity index (χ4n) is 1.59. The maximum Gasteiger partial charge on any atom is 0.251 e. The van der Waals surface area contributed by atoms with Crippen molar-refractivity contribution >= 4 is 21.8 Å². The van der Waals surface area contributed by atoms with Crippen molar-refractivity contribution in [2.75, 3.05) is 19.8 Å². The van der Waals surface area contributed by atoms with E-state index in [1.165, 1.54) is 18.2 Å². The van der Waals surface area contributed by atoms with E-state index in [2.05, 4.69) is 28.2 Å². The Hall–Kier alpha value is -0.940. The molecule has 0 saturated carbocycles. The average molecular weight is 302 g/mol. The van der Waals surface area contributed by atoms with Crippen LogP contribution in [0, 0.1) is 11.2 Å². The van der Waals surface area contributed by atoms with E-state index < -0.39 is 0 Å². The van der Waals surface area contributed by atoms with Crippen LogP contribution >= 0.6 is 15.9 Å². The van der Waals surface area contributed by atoms with E-state index in [9.17, 15) is 9.18 Å². The van der Waals surface area contributed by atoms with Crippen molar-refractivity contribution < 1.29 is 13.9 Å². The van der Waals surface area contributed by atoms with Gasteiger partial charge in [-0.05, 0) is 34.1 Å². The summed E-state index contributed by atoms with van der Waals surface area (Å²) in [5, 5.41) is 2.83. The average Bonchev–Trinajstić information content (AvgIpc) is 2.27. The van der Waals surface area contributed by atoms with E-state index in [1.807, 2.05) is 0 Å². The number of rotatable bonds is 3. The lowest BCUT2D eigenvalue weighted by Gasteiger charge is -2.38. The molecular formula is C12H13BrFNO2. The molecular weight excluding hydrogens is 289 g/mol. The SMILES string of the molecule is CC1(CNC(=O)c2ccc(F)c(Br)c2)COC1. The summed E-state index contributed by atoms with van der Waals surface area (Å²) in [6, 6.07) is 4.21. The Labute approximate surface area is 107 Å². The Morgan fingerprint density at radius 1 is 1.59 bits per heavy atom. The summed E-state index contributed by atoms with van der Waals surface area (Å²) >= 11 is 3.05. The van der Waals surface area contributed by atoms with Crippen LogP contribution in [0.1, 0.15) is 17.3 Å². The molecule has 5 heteroatoms. The smallest absolute Gasteiger partial charge is 0.251 e. The molecule has 0 spiro atoms. The zero-order valence-electron chi connectivity index (χ0n) is 9.43. The van der Waals surface area contributed by atoms with Crippen LogP contribution < -0.4 is 5.32 Å². The highest BCUT2D eigenvalue weighted by Crippen LogP contribution is 2.25. The van der Waals surface area contributed by atoms with Gasteiger partial charge in [0.05, 0.1) is 17.7 Å². The summed E-state index contributed by atoms with van der Waals surface area (Å²) < 4.78 is 18.4. The maximum atomic E-state index is 13.0. The summed E-state index contributed by atoms with van der Waals surface area (Å²) in [6.07, 6.45) is 0. The minimum absolute atomic E-state index is 0.0346. The molecule has 1 amide bonds. The molecule has 1 aliphatic rings. The van der Waals surface area contributed by atoms with Crippen LogP contribution in [-0.2, 0) is 4.74 Å². The number of carbonyl (C=O) groups excluding carboxylic acids is 1. The fraction of sp³-hybridized carbons (Fsp3) is 0.417. The largest absolute Gasteiger partial charge is 0.380 e. The van der Waals surface area contributed by atoms with Crippen LogP contribution in [0.4, 0.5) is 4.39 Å². The third-order valence-corrected chi connectivity index (χ3v) is 3.37. The number of amides is 1. The second-order valence-electron chi connectivity index (χ2n) is 4.62. The van der Waals surface area contributed by atoms with Gasteiger partial charge >= 0.3 is 0 Å². The third kappa shape index (κ3) is 2.84. The topological polar surface area (TPSA) is 38.3 Å². The quantitative estimate of drug-likeness (QED) is 0.931. The Bertz CT molecular complexity index is 446. The highest BCUT2D eigenvalue weighted by Gasteiger charge is 2.33. The first-order chi connectivity index (χ1) is 8.00. The lowest BCUT2D eigenvalue weighted by molar-refractivity contribution is -0.0978. The predicted octanol–water partition coefficient (Wildman–Crippen LogP) is 2.35. The normalized spacial score (nSPS) is 17.4. The Balaban J connectivity index is 1.97. The van der Waals surface area contributed by atoms with Gasteiger partial charge in [0.1, 0.15) is 5.82 Å². The lowest BCUT2D eigenvalue weighted by Crippen LogP contribution is -2.48. The van der Waals surface area contributed by atoms with Crippen LogP contribution in [0.15, 0.2) is 22.7 Å². The zero-order valence-corrected chi connectivity index (χ0v) is 11.0. The van der Waals surface area contributed by atoms with Crippen LogP contribution in [0.5, 0.6) is 0 Å². The van der Waals surface area contributed by atoms with Gasteiger partial charge in [-0.25, -0.2) is 4.39 Å². The molecule has 1 heterocycles. The van der Waals surface area contributed by atoms with Crippen molar-refractivity contribution in [1.82, 2.24) is 5.32 Å². The zero-order chi connectivity index (χ0) is 12.5. The van der Waals surface area contributed by atoms with Crippen molar-refractivity contribution in [3.63, 3.8) is 0 Å². The highest BCUT2D eigenvalue weighted by molar-refractivity contribution is 9.10. The minimum Gasteiger partial charge on any atom is -0.380 e. The van der Waals surface area contributed by atoms with E-state index in [0.717, 1.165) is 0 Å². The summed E-state index contributed by atoms with van der Waals surface area (Å²) in [5.74, 6) is -0.570.